The zero-order valence-electron chi connectivity index (χ0n) is 10.1. The lowest BCUT2D eigenvalue weighted by Crippen LogP contribution is -2.29. The number of aliphatic hydroxyl groups is 1. The van der Waals surface area contributed by atoms with E-state index in [1.165, 1.54) is 12.1 Å². The maximum absolute atomic E-state index is 12.6. The number of halogens is 3. The van der Waals surface area contributed by atoms with Gasteiger partial charge in [0.05, 0.1) is 11.7 Å². The van der Waals surface area contributed by atoms with E-state index < -0.39 is 17.8 Å². The van der Waals surface area contributed by atoms with Gasteiger partial charge in [-0.25, -0.2) is 0 Å². The van der Waals surface area contributed by atoms with Crippen LogP contribution in [0.25, 0.3) is 0 Å². The summed E-state index contributed by atoms with van der Waals surface area (Å²) in [5.74, 6) is 0. The summed E-state index contributed by atoms with van der Waals surface area (Å²) >= 11 is 0. The molecule has 0 aliphatic rings. The number of hydrogen-bond donors (Lipinski definition) is 3. The number of rotatable bonds is 6. The highest BCUT2D eigenvalue weighted by molar-refractivity contribution is 5.52. The highest BCUT2D eigenvalue weighted by Gasteiger charge is 2.32. The number of para-hydroxylation sites is 1. The molecule has 1 atom stereocenters. The molecular formula is C12H17F3N2O. The Bertz CT molecular complexity index is 367. The average Bonchev–Trinajstić information content (AvgIpc) is 2.27. The van der Waals surface area contributed by atoms with Crippen LogP contribution in [0, 0.1) is 0 Å². The van der Waals surface area contributed by atoms with Gasteiger partial charge in [-0.2, -0.15) is 13.2 Å². The second kappa shape index (κ2) is 6.61. The Morgan fingerprint density at radius 3 is 2.50 bits per heavy atom. The zero-order chi connectivity index (χ0) is 13.6. The first-order chi connectivity index (χ1) is 8.41. The molecular weight excluding hydrogens is 245 g/mol. The van der Waals surface area contributed by atoms with E-state index in [-0.39, 0.29) is 5.69 Å². The first-order valence-electron chi connectivity index (χ1n) is 5.70. The topological polar surface area (TPSA) is 44.3 Å². The largest absolute Gasteiger partial charge is 0.418 e. The zero-order valence-corrected chi connectivity index (χ0v) is 10.1. The van der Waals surface area contributed by atoms with Crippen molar-refractivity contribution in [3.8, 4) is 0 Å². The first-order valence-corrected chi connectivity index (χ1v) is 5.70. The van der Waals surface area contributed by atoms with Crippen molar-refractivity contribution in [2.75, 3.05) is 25.0 Å². The number of alkyl halides is 3. The second-order valence-electron chi connectivity index (χ2n) is 4.02. The van der Waals surface area contributed by atoms with Crippen molar-refractivity contribution >= 4 is 5.69 Å². The van der Waals surface area contributed by atoms with E-state index in [1.807, 2.05) is 0 Å². The van der Waals surface area contributed by atoms with Gasteiger partial charge in [-0.15, -0.1) is 0 Å². The fourth-order valence-corrected chi connectivity index (χ4v) is 1.48. The van der Waals surface area contributed by atoms with Gasteiger partial charge in [0, 0.05) is 25.3 Å². The molecule has 0 aromatic heterocycles. The molecule has 0 bridgehead atoms. The minimum atomic E-state index is -4.35. The molecule has 1 aromatic carbocycles. The maximum Gasteiger partial charge on any atom is 0.418 e. The summed E-state index contributed by atoms with van der Waals surface area (Å²) in [5, 5.41) is 14.6. The molecule has 0 aliphatic carbocycles. The Hall–Kier alpha value is -1.27. The Kier molecular flexibility index (Phi) is 5.43. The van der Waals surface area contributed by atoms with Gasteiger partial charge in [-0.05, 0) is 19.1 Å². The van der Waals surface area contributed by atoms with Crippen molar-refractivity contribution in [2.24, 2.45) is 0 Å². The Balaban J connectivity index is 2.47. The van der Waals surface area contributed by atoms with Crippen molar-refractivity contribution < 1.29 is 18.3 Å². The van der Waals surface area contributed by atoms with Crippen molar-refractivity contribution in [3.63, 3.8) is 0 Å². The van der Waals surface area contributed by atoms with Crippen LogP contribution in [0.2, 0.25) is 0 Å². The number of aliphatic hydroxyl groups excluding tert-OH is 1. The van der Waals surface area contributed by atoms with Gasteiger partial charge in [0.15, 0.2) is 0 Å². The molecule has 102 valence electrons. The first kappa shape index (κ1) is 14.8. The van der Waals surface area contributed by atoms with E-state index in [9.17, 15) is 13.2 Å². The highest BCUT2D eigenvalue weighted by Crippen LogP contribution is 2.34. The number of benzene rings is 1. The molecule has 1 unspecified atom stereocenters. The predicted octanol–water partition coefficient (Wildman–Crippen LogP) is 2.09. The lowest BCUT2D eigenvalue weighted by Gasteiger charge is -2.14. The molecule has 0 fully saturated rings. The van der Waals surface area contributed by atoms with Crippen LogP contribution in [0.3, 0.4) is 0 Å². The predicted molar refractivity (Wildman–Crippen MR) is 64.5 cm³/mol. The Morgan fingerprint density at radius 2 is 1.89 bits per heavy atom. The van der Waals surface area contributed by atoms with Gasteiger partial charge in [0.2, 0.25) is 0 Å². The summed E-state index contributed by atoms with van der Waals surface area (Å²) in [4.78, 5) is 0. The third kappa shape index (κ3) is 4.93. The normalized spacial score (nSPS) is 13.4. The second-order valence-corrected chi connectivity index (χ2v) is 4.02. The number of nitrogens with one attached hydrogen (secondary N) is 2. The highest BCUT2D eigenvalue weighted by atomic mass is 19.4. The van der Waals surface area contributed by atoms with E-state index in [0.29, 0.717) is 19.6 Å². The molecule has 0 amide bonds. The SMILES string of the molecule is CC(O)CNCCNc1ccccc1C(F)(F)F. The third-order valence-corrected chi connectivity index (χ3v) is 2.29. The molecule has 0 spiro atoms. The molecule has 0 radical (unpaired) electrons. The Morgan fingerprint density at radius 1 is 1.22 bits per heavy atom. The molecule has 18 heavy (non-hydrogen) atoms. The van der Waals surface area contributed by atoms with Gasteiger partial charge in [-0.3, -0.25) is 0 Å². The van der Waals surface area contributed by atoms with Crippen LogP contribution >= 0.6 is 0 Å². The van der Waals surface area contributed by atoms with Gasteiger partial charge >= 0.3 is 6.18 Å². The van der Waals surface area contributed by atoms with E-state index >= 15 is 0 Å². The van der Waals surface area contributed by atoms with E-state index in [0.717, 1.165) is 6.07 Å². The Labute approximate surface area is 104 Å². The van der Waals surface area contributed by atoms with Crippen LogP contribution in [0.4, 0.5) is 18.9 Å². The van der Waals surface area contributed by atoms with Crippen LogP contribution in [0.5, 0.6) is 0 Å². The molecule has 0 heterocycles. The van der Waals surface area contributed by atoms with Crippen LogP contribution < -0.4 is 10.6 Å². The van der Waals surface area contributed by atoms with Crippen molar-refractivity contribution in [1.82, 2.24) is 5.32 Å². The van der Waals surface area contributed by atoms with Crippen LogP contribution in [-0.2, 0) is 6.18 Å². The molecule has 3 N–H and O–H groups in total. The van der Waals surface area contributed by atoms with Crippen LogP contribution in [0.15, 0.2) is 24.3 Å². The monoisotopic (exact) mass is 262 g/mol. The summed E-state index contributed by atoms with van der Waals surface area (Å²) in [6.45, 7) is 2.90. The average molecular weight is 262 g/mol. The van der Waals surface area contributed by atoms with Gasteiger partial charge in [0.25, 0.3) is 0 Å². The standard InChI is InChI=1S/C12H17F3N2O/c1-9(18)8-16-6-7-17-11-5-3-2-4-10(11)12(13,14)15/h2-5,9,16-18H,6-8H2,1H3. The minimum Gasteiger partial charge on any atom is -0.392 e. The molecule has 3 nitrogen and oxygen atoms in total. The summed E-state index contributed by atoms with van der Waals surface area (Å²) in [6.07, 6.45) is -4.82. The van der Waals surface area contributed by atoms with E-state index in [1.54, 1.807) is 13.0 Å². The number of anilines is 1. The smallest absolute Gasteiger partial charge is 0.392 e. The fourth-order valence-electron chi connectivity index (χ4n) is 1.48. The van der Waals surface area contributed by atoms with E-state index in [4.69, 9.17) is 5.11 Å². The summed E-state index contributed by atoms with van der Waals surface area (Å²) in [7, 11) is 0. The van der Waals surface area contributed by atoms with Gasteiger partial charge < -0.3 is 15.7 Å². The quantitative estimate of drug-likeness (QED) is 0.688. The van der Waals surface area contributed by atoms with Gasteiger partial charge in [0.1, 0.15) is 0 Å². The molecule has 1 rings (SSSR count). The summed E-state index contributed by atoms with van der Waals surface area (Å²) < 4.78 is 37.9. The molecule has 0 saturated heterocycles. The molecule has 1 aromatic rings. The fraction of sp³-hybridized carbons (Fsp3) is 0.500. The molecule has 0 saturated carbocycles. The van der Waals surface area contributed by atoms with Crippen molar-refractivity contribution in [1.29, 1.82) is 0 Å². The lowest BCUT2D eigenvalue weighted by atomic mass is 10.1. The van der Waals surface area contributed by atoms with Crippen LogP contribution in [-0.4, -0.2) is 30.8 Å². The van der Waals surface area contributed by atoms with Crippen molar-refractivity contribution in [2.45, 2.75) is 19.2 Å². The van der Waals surface area contributed by atoms with Crippen LogP contribution in [0.1, 0.15) is 12.5 Å². The molecule has 0 aliphatic heterocycles. The third-order valence-electron chi connectivity index (χ3n) is 2.29. The summed E-state index contributed by atoms with van der Waals surface area (Å²) in [6, 6.07) is 5.36. The molecule has 6 heteroatoms. The maximum atomic E-state index is 12.6. The van der Waals surface area contributed by atoms with Gasteiger partial charge in [-0.1, -0.05) is 12.1 Å². The van der Waals surface area contributed by atoms with E-state index in [2.05, 4.69) is 10.6 Å². The summed E-state index contributed by atoms with van der Waals surface area (Å²) in [5.41, 5.74) is -0.593. The minimum absolute atomic E-state index is 0.0730. The lowest BCUT2D eigenvalue weighted by molar-refractivity contribution is -0.136. The number of hydrogen-bond acceptors (Lipinski definition) is 3. The van der Waals surface area contributed by atoms with Crippen molar-refractivity contribution in [3.05, 3.63) is 29.8 Å².